The van der Waals surface area contributed by atoms with E-state index in [2.05, 4.69) is 16.8 Å². The standard InChI is InChI=1S/C17H23FN2O/c1-19-10-8-16(9-11-19)20(15-6-7-15)17(21)12-13-2-4-14(18)5-3-13/h2-5,15-16H,6-12H2,1H3. The van der Waals surface area contributed by atoms with E-state index in [1.165, 1.54) is 12.1 Å². The summed E-state index contributed by atoms with van der Waals surface area (Å²) in [5.74, 6) is -0.0424. The molecule has 1 heterocycles. The number of hydrogen-bond acceptors (Lipinski definition) is 2. The van der Waals surface area contributed by atoms with Gasteiger partial charge in [-0.25, -0.2) is 4.39 Å². The maximum absolute atomic E-state index is 12.9. The molecule has 0 aromatic heterocycles. The molecule has 0 spiro atoms. The molecule has 1 aliphatic carbocycles. The van der Waals surface area contributed by atoms with E-state index in [0.717, 1.165) is 44.3 Å². The van der Waals surface area contributed by atoms with Gasteiger partial charge in [0, 0.05) is 12.1 Å². The van der Waals surface area contributed by atoms with Gasteiger partial charge in [0.25, 0.3) is 0 Å². The highest BCUT2D eigenvalue weighted by Gasteiger charge is 2.37. The first-order chi connectivity index (χ1) is 10.1. The van der Waals surface area contributed by atoms with Gasteiger partial charge in [0.1, 0.15) is 5.82 Å². The van der Waals surface area contributed by atoms with Gasteiger partial charge >= 0.3 is 0 Å². The number of halogens is 1. The van der Waals surface area contributed by atoms with Crippen LogP contribution < -0.4 is 0 Å². The Bertz CT molecular complexity index is 490. The fourth-order valence-electron chi connectivity index (χ4n) is 3.20. The van der Waals surface area contributed by atoms with E-state index in [0.29, 0.717) is 18.5 Å². The molecule has 114 valence electrons. The molecule has 1 amide bonds. The summed E-state index contributed by atoms with van der Waals surface area (Å²) in [6.07, 6.45) is 4.82. The summed E-state index contributed by atoms with van der Waals surface area (Å²) in [5, 5.41) is 0. The van der Waals surface area contributed by atoms with Crippen molar-refractivity contribution >= 4 is 5.91 Å². The maximum Gasteiger partial charge on any atom is 0.227 e. The Morgan fingerprint density at radius 2 is 1.71 bits per heavy atom. The average Bonchev–Trinajstić information content (AvgIpc) is 3.29. The normalized spacial score (nSPS) is 20.5. The number of hydrogen-bond donors (Lipinski definition) is 0. The number of rotatable bonds is 4. The van der Waals surface area contributed by atoms with E-state index in [-0.39, 0.29) is 11.7 Å². The average molecular weight is 290 g/mol. The smallest absolute Gasteiger partial charge is 0.227 e. The zero-order chi connectivity index (χ0) is 14.8. The van der Waals surface area contributed by atoms with Crippen molar-refractivity contribution in [3.8, 4) is 0 Å². The van der Waals surface area contributed by atoms with Crippen LogP contribution in [-0.2, 0) is 11.2 Å². The van der Waals surface area contributed by atoms with Crippen LogP contribution in [0.5, 0.6) is 0 Å². The second kappa shape index (κ2) is 6.14. The van der Waals surface area contributed by atoms with Crippen LogP contribution in [0.3, 0.4) is 0 Å². The fraction of sp³-hybridized carbons (Fsp3) is 0.588. The van der Waals surface area contributed by atoms with E-state index < -0.39 is 0 Å². The van der Waals surface area contributed by atoms with E-state index in [1.807, 2.05) is 0 Å². The first kappa shape index (κ1) is 14.5. The van der Waals surface area contributed by atoms with Crippen molar-refractivity contribution in [1.29, 1.82) is 0 Å². The second-order valence-electron chi connectivity index (χ2n) is 6.37. The molecule has 0 N–H and O–H groups in total. The van der Waals surface area contributed by atoms with Crippen molar-refractivity contribution in [1.82, 2.24) is 9.80 Å². The number of piperidine rings is 1. The van der Waals surface area contributed by atoms with Crippen LogP contribution in [0, 0.1) is 5.82 Å². The topological polar surface area (TPSA) is 23.6 Å². The Kier molecular flexibility index (Phi) is 4.24. The van der Waals surface area contributed by atoms with Crippen molar-refractivity contribution in [2.24, 2.45) is 0 Å². The van der Waals surface area contributed by atoms with Crippen molar-refractivity contribution in [2.45, 2.75) is 44.2 Å². The minimum Gasteiger partial charge on any atom is -0.336 e. The lowest BCUT2D eigenvalue weighted by Gasteiger charge is -2.37. The SMILES string of the molecule is CN1CCC(N(C(=O)Cc2ccc(F)cc2)C2CC2)CC1. The Morgan fingerprint density at radius 1 is 1.14 bits per heavy atom. The zero-order valence-corrected chi connectivity index (χ0v) is 12.6. The molecule has 0 bridgehead atoms. The molecule has 0 radical (unpaired) electrons. The molecule has 1 saturated carbocycles. The van der Waals surface area contributed by atoms with Crippen LogP contribution in [0.15, 0.2) is 24.3 Å². The van der Waals surface area contributed by atoms with Gasteiger partial charge in [0.2, 0.25) is 5.91 Å². The summed E-state index contributed by atoms with van der Waals surface area (Å²) < 4.78 is 12.9. The molecule has 3 rings (SSSR count). The van der Waals surface area contributed by atoms with Crippen molar-refractivity contribution in [3.05, 3.63) is 35.6 Å². The Balaban J connectivity index is 1.66. The van der Waals surface area contributed by atoms with Crippen LogP contribution in [0.2, 0.25) is 0 Å². The highest BCUT2D eigenvalue weighted by atomic mass is 19.1. The van der Waals surface area contributed by atoms with Gasteiger partial charge in [0.05, 0.1) is 6.42 Å². The molecule has 1 aromatic carbocycles. The summed E-state index contributed by atoms with van der Waals surface area (Å²) in [5.41, 5.74) is 0.903. The molecule has 2 aliphatic rings. The largest absolute Gasteiger partial charge is 0.336 e. The van der Waals surface area contributed by atoms with Gasteiger partial charge in [-0.3, -0.25) is 4.79 Å². The lowest BCUT2D eigenvalue weighted by Crippen LogP contribution is -2.48. The molecule has 0 atom stereocenters. The zero-order valence-electron chi connectivity index (χ0n) is 12.6. The molecular weight excluding hydrogens is 267 g/mol. The van der Waals surface area contributed by atoms with E-state index in [4.69, 9.17) is 0 Å². The minimum absolute atomic E-state index is 0.207. The van der Waals surface area contributed by atoms with Gasteiger partial charge in [-0.2, -0.15) is 0 Å². The first-order valence-corrected chi connectivity index (χ1v) is 7.87. The van der Waals surface area contributed by atoms with Crippen LogP contribution in [-0.4, -0.2) is 47.9 Å². The molecule has 4 heteroatoms. The molecule has 1 aromatic rings. The lowest BCUT2D eigenvalue weighted by atomic mass is 10.0. The first-order valence-electron chi connectivity index (χ1n) is 7.87. The van der Waals surface area contributed by atoms with E-state index >= 15 is 0 Å². The molecule has 2 fully saturated rings. The van der Waals surface area contributed by atoms with Crippen LogP contribution in [0.1, 0.15) is 31.2 Å². The quantitative estimate of drug-likeness (QED) is 0.850. The number of nitrogens with zero attached hydrogens (tertiary/aromatic N) is 2. The minimum atomic E-state index is -0.249. The van der Waals surface area contributed by atoms with Gasteiger partial charge in [-0.1, -0.05) is 12.1 Å². The predicted octanol–water partition coefficient (Wildman–Crippen LogP) is 2.45. The van der Waals surface area contributed by atoms with E-state index in [9.17, 15) is 9.18 Å². The number of amides is 1. The molecule has 1 aliphatic heterocycles. The summed E-state index contributed by atoms with van der Waals surface area (Å²) in [7, 11) is 2.14. The lowest BCUT2D eigenvalue weighted by molar-refractivity contribution is -0.134. The monoisotopic (exact) mass is 290 g/mol. The molecule has 1 saturated heterocycles. The van der Waals surface area contributed by atoms with Crippen LogP contribution >= 0.6 is 0 Å². The molecule has 21 heavy (non-hydrogen) atoms. The second-order valence-corrected chi connectivity index (χ2v) is 6.37. The van der Waals surface area contributed by atoms with E-state index in [1.54, 1.807) is 12.1 Å². The number of carbonyl (C=O) groups excluding carboxylic acids is 1. The summed E-state index contributed by atoms with van der Waals surface area (Å²) in [4.78, 5) is 17.1. The van der Waals surface area contributed by atoms with Crippen LogP contribution in [0.4, 0.5) is 4.39 Å². The Morgan fingerprint density at radius 3 is 2.29 bits per heavy atom. The fourth-order valence-corrected chi connectivity index (χ4v) is 3.20. The summed E-state index contributed by atoms with van der Waals surface area (Å²) >= 11 is 0. The highest BCUT2D eigenvalue weighted by Crippen LogP contribution is 2.32. The van der Waals surface area contributed by atoms with Crippen molar-refractivity contribution < 1.29 is 9.18 Å². The Labute approximate surface area is 125 Å². The summed E-state index contributed by atoms with van der Waals surface area (Å²) in [6.45, 7) is 2.13. The molecular formula is C17H23FN2O. The maximum atomic E-state index is 12.9. The van der Waals surface area contributed by atoms with Gasteiger partial charge in [0.15, 0.2) is 0 Å². The van der Waals surface area contributed by atoms with Crippen molar-refractivity contribution in [2.75, 3.05) is 20.1 Å². The molecule has 3 nitrogen and oxygen atoms in total. The third-order valence-corrected chi connectivity index (χ3v) is 4.58. The number of carbonyl (C=O) groups is 1. The van der Waals surface area contributed by atoms with Gasteiger partial charge in [-0.05, 0) is 63.5 Å². The summed E-state index contributed by atoms with van der Waals surface area (Å²) in [6, 6.07) is 7.13. The Hall–Kier alpha value is -1.42. The number of likely N-dealkylation sites (tertiary alicyclic amines) is 1. The number of benzene rings is 1. The van der Waals surface area contributed by atoms with Crippen molar-refractivity contribution in [3.63, 3.8) is 0 Å². The highest BCUT2D eigenvalue weighted by molar-refractivity contribution is 5.79. The van der Waals surface area contributed by atoms with Gasteiger partial charge in [-0.15, -0.1) is 0 Å². The predicted molar refractivity (Wildman–Crippen MR) is 80.5 cm³/mol. The third kappa shape index (κ3) is 3.62. The molecule has 0 unspecified atom stereocenters. The van der Waals surface area contributed by atoms with Gasteiger partial charge < -0.3 is 9.80 Å². The third-order valence-electron chi connectivity index (χ3n) is 4.58. The van der Waals surface area contributed by atoms with Crippen LogP contribution in [0.25, 0.3) is 0 Å².